The maximum absolute atomic E-state index is 13.5. The van der Waals surface area contributed by atoms with Crippen molar-refractivity contribution in [3.63, 3.8) is 0 Å². The lowest BCUT2D eigenvalue weighted by Crippen LogP contribution is -2.08. The second-order valence-corrected chi connectivity index (χ2v) is 7.59. The highest BCUT2D eigenvalue weighted by Crippen LogP contribution is 2.35. The summed E-state index contributed by atoms with van der Waals surface area (Å²) in [5.74, 6) is -0.317. The summed E-state index contributed by atoms with van der Waals surface area (Å²) in [7, 11) is 0. The number of hydrogen-bond acceptors (Lipinski definition) is 3. The third kappa shape index (κ3) is 3.59. The summed E-state index contributed by atoms with van der Waals surface area (Å²) in [5.41, 5.74) is 12.2. The van der Waals surface area contributed by atoms with Crippen molar-refractivity contribution < 1.29 is 4.39 Å². The van der Waals surface area contributed by atoms with Crippen LogP contribution in [0, 0.1) is 5.82 Å². The van der Waals surface area contributed by atoms with Crippen molar-refractivity contribution in [2.24, 2.45) is 5.73 Å². The van der Waals surface area contributed by atoms with E-state index in [0.29, 0.717) is 17.4 Å². The van der Waals surface area contributed by atoms with E-state index in [0.717, 1.165) is 39.1 Å². The molecule has 5 heteroatoms. The lowest BCUT2D eigenvalue weighted by Gasteiger charge is -2.14. The average molecular weight is 421 g/mol. The fourth-order valence-corrected chi connectivity index (χ4v) is 3.88. The number of halogens is 1. The molecule has 5 rings (SSSR count). The monoisotopic (exact) mass is 421 g/mol. The molecule has 0 amide bonds. The standard InChI is InChI=1S/C27H20FN3O/c28-21-12-10-19(11-13-21)24-16-30-27(32)23-14-22(18-4-2-1-3-5-18)25(31-26(23)24)20-8-6-17(15-29)7-9-20/h1-14,16H,15,29H2,(H,30,32). The van der Waals surface area contributed by atoms with Crippen molar-refractivity contribution in [3.8, 4) is 33.5 Å². The normalized spacial score (nSPS) is 11.1. The molecule has 0 aliphatic carbocycles. The quantitative estimate of drug-likeness (QED) is 0.401. The van der Waals surface area contributed by atoms with Crippen LogP contribution in [0.1, 0.15) is 5.56 Å². The summed E-state index contributed by atoms with van der Waals surface area (Å²) < 4.78 is 13.5. The van der Waals surface area contributed by atoms with Gasteiger partial charge in [0.05, 0.1) is 16.6 Å². The molecule has 4 nitrogen and oxygen atoms in total. The highest BCUT2D eigenvalue weighted by Gasteiger charge is 2.16. The molecular weight excluding hydrogens is 401 g/mol. The zero-order valence-corrected chi connectivity index (χ0v) is 17.2. The lowest BCUT2D eigenvalue weighted by molar-refractivity contribution is 0.628. The Hall–Kier alpha value is -4.09. The summed E-state index contributed by atoms with van der Waals surface area (Å²) in [5, 5.41) is 0.480. The molecule has 0 saturated heterocycles. The molecule has 2 heterocycles. The largest absolute Gasteiger partial charge is 0.328 e. The second kappa shape index (κ2) is 8.21. The van der Waals surface area contributed by atoms with E-state index in [9.17, 15) is 9.18 Å². The number of benzene rings is 3. The third-order valence-corrected chi connectivity index (χ3v) is 5.57. The minimum absolute atomic E-state index is 0.222. The summed E-state index contributed by atoms with van der Waals surface area (Å²) >= 11 is 0. The van der Waals surface area contributed by atoms with Crippen LogP contribution in [0.25, 0.3) is 44.4 Å². The number of hydrogen-bond donors (Lipinski definition) is 2. The van der Waals surface area contributed by atoms with E-state index >= 15 is 0 Å². The van der Waals surface area contributed by atoms with E-state index < -0.39 is 0 Å². The molecule has 5 aromatic rings. The Kier molecular flexibility index (Phi) is 5.09. The van der Waals surface area contributed by atoms with Gasteiger partial charge in [0.2, 0.25) is 0 Å². The Morgan fingerprint density at radius 2 is 1.47 bits per heavy atom. The van der Waals surface area contributed by atoms with Gasteiger partial charge >= 0.3 is 0 Å². The molecule has 0 atom stereocenters. The van der Waals surface area contributed by atoms with Gasteiger partial charge < -0.3 is 10.7 Å². The SMILES string of the molecule is NCc1ccc(-c2nc3c(-c4ccc(F)cc4)c[nH]c(=O)c3cc2-c2ccccc2)cc1. The van der Waals surface area contributed by atoms with Crippen LogP contribution < -0.4 is 11.3 Å². The number of rotatable bonds is 4. The molecule has 0 bridgehead atoms. The van der Waals surface area contributed by atoms with E-state index in [1.54, 1.807) is 18.3 Å². The average Bonchev–Trinajstić information content (AvgIpc) is 2.85. The van der Waals surface area contributed by atoms with Crippen LogP contribution in [0.3, 0.4) is 0 Å². The van der Waals surface area contributed by atoms with Crippen molar-refractivity contribution in [2.45, 2.75) is 6.54 Å². The first-order valence-corrected chi connectivity index (χ1v) is 10.3. The number of nitrogens with zero attached hydrogens (tertiary/aromatic N) is 1. The van der Waals surface area contributed by atoms with Crippen molar-refractivity contribution >= 4 is 10.9 Å². The number of nitrogens with two attached hydrogens (primary N) is 1. The number of aromatic amines is 1. The van der Waals surface area contributed by atoms with Gasteiger partial charge in [-0.3, -0.25) is 4.79 Å². The Morgan fingerprint density at radius 1 is 0.812 bits per heavy atom. The number of pyridine rings is 2. The highest BCUT2D eigenvalue weighted by atomic mass is 19.1. The molecule has 0 unspecified atom stereocenters. The summed E-state index contributed by atoms with van der Waals surface area (Å²) in [4.78, 5) is 20.6. The molecule has 156 valence electrons. The summed E-state index contributed by atoms with van der Waals surface area (Å²) in [6.45, 7) is 0.459. The molecule has 0 aliphatic rings. The van der Waals surface area contributed by atoms with Gasteiger partial charge in [0.15, 0.2) is 0 Å². The Balaban J connectivity index is 1.83. The zero-order chi connectivity index (χ0) is 22.1. The topological polar surface area (TPSA) is 71.8 Å². The van der Waals surface area contributed by atoms with E-state index in [4.69, 9.17) is 10.7 Å². The Morgan fingerprint density at radius 3 is 2.16 bits per heavy atom. The molecule has 0 radical (unpaired) electrons. The van der Waals surface area contributed by atoms with E-state index in [2.05, 4.69) is 4.98 Å². The molecule has 32 heavy (non-hydrogen) atoms. The van der Waals surface area contributed by atoms with Gasteiger partial charge in [0, 0.05) is 29.4 Å². The second-order valence-electron chi connectivity index (χ2n) is 7.59. The van der Waals surface area contributed by atoms with E-state index in [1.807, 2.05) is 60.7 Å². The van der Waals surface area contributed by atoms with Crippen LogP contribution in [0.2, 0.25) is 0 Å². The van der Waals surface area contributed by atoms with Crippen LogP contribution >= 0.6 is 0 Å². The van der Waals surface area contributed by atoms with Crippen molar-refractivity contribution in [1.29, 1.82) is 0 Å². The van der Waals surface area contributed by atoms with Crippen LogP contribution in [0.5, 0.6) is 0 Å². The van der Waals surface area contributed by atoms with Crippen LogP contribution in [0.4, 0.5) is 4.39 Å². The maximum atomic E-state index is 13.5. The number of aromatic nitrogens is 2. The summed E-state index contributed by atoms with van der Waals surface area (Å²) in [6, 6.07) is 25.9. The first-order chi connectivity index (χ1) is 15.6. The fraction of sp³-hybridized carbons (Fsp3) is 0.0370. The minimum Gasteiger partial charge on any atom is -0.328 e. The van der Waals surface area contributed by atoms with Gasteiger partial charge in [-0.1, -0.05) is 66.7 Å². The smallest absolute Gasteiger partial charge is 0.257 e. The molecule has 2 aromatic heterocycles. The predicted octanol–water partition coefficient (Wildman–Crippen LogP) is 5.52. The zero-order valence-electron chi connectivity index (χ0n) is 17.2. The van der Waals surface area contributed by atoms with Gasteiger partial charge in [0.1, 0.15) is 5.82 Å². The molecular formula is C27H20FN3O. The van der Waals surface area contributed by atoms with E-state index in [1.165, 1.54) is 12.1 Å². The van der Waals surface area contributed by atoms with Gasteiger partial charge in [-0.25, -0.2) is 9.37 Å². The molecule has 0 aliphatic heterocycles. The van der Waals surface area contributed by atoms with Crippen LogP contribution in [0.15, 0.2) is 95.9 Å². The van der Waals surface area contributed by atoms with Crippen LogP contribution in [-0.2, 0) is 6.54 Å². The fourth-order valence-electron chi connectivity index (χ4n) is 3.88. The van der Waals surface area contributed by atoms with Gasteiger partial charge in [-0.15, -0.1) is 0 Å². The Labute approximate surface area is 184 Å². The number of H-pyrrole nitrogens is 1. The van der Waals surface area contributed by atoms with Crippen LogP contribution in [-0.4, -0.2) is 9.97 Å². The molecule has 3 aromatic carbocycles. The van der Waals surface area contributed by atoms with Gasteiger partial charge in [-0.05, 0) is 34.9 Å². The first-order valence-electron chi connectivity index (χ1n) is 10.3. The number of fused-ring (bicyclic) bond motifs is 1. The summed E-state index contributed by atoms with van der Waals surface area (Å²) in [6.07, 6.45) is 1.63. The predicted molar refractivity (Wildman–Crippen MR) is 127 cm³/mol. The highest BCUT2D eigenvalue weighted by molar-refractivity contribution is 5.98. The van der Waals surface area contributed by atoms with E-state index in [-0.39, 0.29) is 11.4 Å². The van der Waals surface area contributed by atoms with Gasteiger partial charge in [-0.2, -0.15) is 0 Å². The van der Waals surface area contributed by atoms with Gasteiger partial charge in [0.25, 0.3) is 5.56 Å². The number of nitrogens with one attached hydrogen (secondary N) is 1. The van der Waals surface area contributed by atoms with Crippen molar-refractivity contribution in [1.82, 2.24) is 9.97 Å². The minimum atomic E-state index is -0.317. The van der Waals surface area contributed by atoms with Crippen molar-refractivity contribution in [2.75, 3.05) is 0 Å². The molecule has 0 fully saturated rings. The lowest BCUT2D eigenvalue weighted by atomic mass is 9.95. The first kappa shape index (κ1) is 19.8. The Bertz CT molecular complexity index is 1460. The molecule has 3 N–H and O–H groups in total. The molecule has 0 saturated carbocycles. The maximum Gasteiger partial charge on any atom is 0.257 e. The molecule has 0 spiro atoms. The van der Waals surface area contributed by atoms with Crippen molar-refractivity contribution in [3.05, 3.63) is 113 Å². The third-order valence-electron chi connectivity index (χ3n) is 5.57.